The molecule has 1 aliphatic heterocycles. The third-order valence-corrected chi connectivity index (χ3v) is 6.48. The second-order valence-corrected chi connectivity index (χ2v) is 8.90. The fraction of sp³-hybridized carbons (Fsp3) is 0.261. The van der Waals surface area contributed by atoms with Crippen molar-refractivity contribution in [3.05, 3.63) is 70.3 Å². The molecule has 1 unspecified atom stereocenters. The van der Waals surface area contributed by atoms with Gasteiger partial charge in [-0.05, 0) is 65.9 Å². The number of thioether (sulfide) groups is 1. The molecule has 2 aromatic carbocycles. The summed E-state index contributed by atoms with van der Waals surface area (Å²) in [5.41, 5.74) is 1.22. The van der Waals surface area contributed by atoms with Crippen LogP contribution in [-0.2, 0) is 6.18 Å². The Bertz CT molecular complexity index is 1270. The van der Waals surface area contributed by atoms with Crippen LogP contribution in [0.1, 0.15) is 35.6 Å². The van der Waals surface area contributed by atoms with Crippen LogP contribution in [0.4, 0.5) is 18.0 Å². The second kappa shape index (κ2) is 7.81. The van der Waals surface area contributed by atoms with Crippen LogP contribution >= 0.6 is 11.8 Å². The maximum absolute atomic E-state index is 13.7. The van der Waals surface area contributed by atoms with Crippen molar-refractivity contribution in [3.8, 4) is 0 Å². The molecule has 1 saturated carbocycles. The second-order valence-electron chi connectivity index (χ2n) is 7.89. The molecule has 3 aromatic rings. The van der Waals surface area contributed by atoms with Crippen LogP contribution in [0.2, 0.25) is 0 Å². The van der Waals surface area contributed by atoms with Crippen LogP contribution < -0.4 is 5.32 Å². The van der Waals surface area contributed by atoms with Gasteiger partial charge in [-0.1, -0.05) is 24.3 Å². The molecule has 5 nitrogen and oxygen atoms in total. The number of alkyl halides is 3. The third-order valence-electron chi connectivity index (χ3n) is 5.66. The Morgan fingerprint density at radius 3 is 2.75 bits per heavy atom. The zero-order valence-corrected chi connectivity index (χ0v) is 17.9. The van der Waals surface area contributed by atoms with Gasteiger partial charge in [0, 0.05) is 18.6 Å². The molecule has 2 fully saturated rings. The molecule has 0 radical (unpaired) electrons. The summed E-state index contributed by atoms with van der Waals surface area (Å²) >= 11 is 1.07. The molecule has 9 heteroatoms. The summed E-state index contributed by atoms with van der Waals surface area (Å²) in [6.07, 6.45) is 1.01. The number of carbonyl (C=O) groups is 1. The van der Waals surface area contributed by atoms with E-state index in [1.807, 2.05) is 30.5 Å². The molecule has 5 rings (SSSR count). The Balaban J connectivity index is 1.54. The van der Waals surface area contributed by atoms with E-state index in [2.05, 4.69) is 15.4 Å². The molecule has 0 spiro atoms. The number of amides is 1. The lowest BCUT2D eigenvalue weighted by Gasteiger charge is -2.22. The Morgan fingerprint density at radius 1 is 1.25 bits per heavy atom. The highest BCUT2D eigenvalue weighted by atomic mass is 32.2. The Hall–Kier alpha value is -3.07. The number of amidine groups is 1. The number of nitrogens with one attached hydrogen (secondary N) is 1. The minimum absolute atomic E-state index is 0.129. The standard InChI is InChI=1S/C23H19F3N4OS/c1-27-21-19(32-22(31)28-21)11-13-6-9-18-15(10-13)12-30(29-18)20(14-7-8-14)16-4-2-3-5-17(16)23(24,25)26/h2-6,9-12,14,20H,7-8H2,1H3,(H,27,28,31)/b19-11-. The van der Waals surface area contributed by atoms with Crippen molar-refractivity contribution in [3.63, 3.8) is 0 Å². The number of hydrogen-bond donors (Lipinski definition) is 1. The molecule has 0 bridgehead atoms. The van der Waals surface area contributed by atoms with E-state index in [0.29, 0.717) is 11.4 Å². The average Bonchev–Trinajstić information content (AvgIpc) is 3.39. The van der Waals surface area contributed by atoms with Gasteiger partial charge in [-0.15, -0.1) is 0 Å². The third kappa shape index (κ3) is 3.92. The summed E-state index contributed by atoms with van der Waals surface area (Å²) in [6.45, 7) is 0. The van der Waals surface area contributed by atoms with Crippen molar-refractivity contribution in [1.29, 1.82) is 0 Å². The van der Waals surface area contributed by atoms with Crippen LogP contribution in [-0.4, -0.2) is 27.9 Å². The zero-order valence-electron chi connectivity index (χ0n) is 17.1. The van der Waals surface area contributed by atoms with Crippen molar-refractivity contribution >= 4 is 39.8 Å². The predicted molar refractivity (Wildman–Crippen MR) is 119 cm³/mol. The van der Waals surface area contributed by atoms with Crippen molar-refractivity contribution < 1.29 is 18.0 Å². The number of carbonyl (C=O) groups excluding carboxylic acids is 1. The summed E-state index contributed by atoms with van der Waals surface area (Å²) < 4.78 is 42.7. The normalized spacial score (nSPS) is 20.3. The monoisotopic (exact) mass is 456 g/mol. The SMILES string of the molecule is CN=C1NC(=O)S/C1=C\c1ccc2nn(C(c3ccccc3C(F)(F)F)C3CC3)cc2c1. The molecular formula is C23H19F3N4OS. The molecule has 1 atom stereocenters. The van der Waals surface area contributed by atoms with E-state index in [9.17, 15) is 18.0 Å². The molecule has 2 aliphatic rings. The van der Waals surface area contributed by atoms with Gasteiger partial charge in [0.25, 0.3) is 5.24 Å². The van der Waals surface area contributed by atoms with E-state index in [0.717, 1.165) is 46.5 Å². The van der Waals surface area contributed by atoms with Crippen molar-refractivity contribution in [1.82, 2.24) is 15.1 Å². The average molecular weight is 456 g/mol. The minimum Gasteiger partial charge on any atom is -0.300 e. The fourth-order valence-electron chi connectivity index (χ4n) is 4.08. The van der Waals surface area contributed by atoms with E-state index in [1.165, 1.54) is 6.07 Å². The number of aliphatic imine (C=N–C) groups is 1. The summed E-state index contributed by atoms with van der Waals surface area (Å²) in [6, 6.07) is 10.9. The Kier molecular flexibility index (Phi) is 5.08. The van der Waals surface area contributed by atoms with Crippen molar-refractivity contribution in [2.75, 3.05) is 7.05 Å². The van der Waals surface area contributed by atoms with E-state index in [-0.39, 0.29) is 16.7 Å². The van der Waals surface area contributed by atoms with Gasteiger partial charge < -0.3 is 5.32 Å². The highest BCUT2D eigenvalue weighted by Gasteiger charge is 2.41. The van der Waals surface area contributed by atoms with Crippen LogP contribution in [0.25, 0.3) is 17.0 Å². The lowest BCUT2D eigenvalue weighted by molar-refractivity contribution is -0.138. The first-order valence-electron chi connectivity index (χ1n) is 10.2. The molecule has 1 N–H and O–H groups in total. The van der Waals surface area contributed by atoms with Gasteiger partial charge in [0.05, 0.1) is 22.0 Å². The lowest BCUT2D eigenvalue weighted by Crippen LogP contribution is -2.19. The highest BCUT2D eigenvalue weighted by molar-refractivity contribution is 8.18. The zero-order chi connectivity index (χ0) is 22.5. The van der Waals surface area contributed by atoms with Gasteiger partial charge >= 0.3 is 6.18 Å². The summed E-state index contributed by atoms with van der Waals surface area (Å²) in [4.78, 5) is 16.4. The first-order chi connectivity index (χ1) is 15.3. The summed E-state index contributed by atoms with van der Waals surface area (Å²) in [7, 11) is 1.61. The number of halogens is 3. The van der Waals surface area contributed by atoms with Gasteiger partial charge in [-0.2, -0.15) is 18.3 Å². The number of rotatable bonds is 4. The smallest absolute Gasteiger partial charge is 0.300 e. The largest absolute Gasteiger partial charge is 0.416 e. The van der Waals surface area contributed by atoms with Gasteiger partial charge in [-0.3, -0.25) is 14.5 Å². The Labute approximate surface area is 186 Å². The lowest BCUT2D eigenvalue weighted by atomic mass is 9.96. The minimum atomic E-state index is -4.42. The molecule has 164 valence electrons. The number of aromatic nitrogens is 2. The number of hydrogen-bond acceptors (Lipinski definition) is 4. The van der Waals surface area contributed by atoms with Crippen LogP contribution in [0.3, 0.4) is 0 Å². The molecule has 32 heavy (non-hydrogen) atoms. The molecule has 1 aromatic heterocycles. The van der Waals surface area contributed by atoms with Crippen LogP contribution in [0.15, 0.2) is 58.6 Å². The highest BCUT2D eigenvalue weighted by Crippen LogP contribution is 2.47. The molecule has 1 aliphatic carbocycles. The maximum Gasteiger partial charge on any atom is 0.416 e. The van der Waals surface area contributed by atoms with Gasteiger partial charge in [-0.25, -0.2) is 0 Å². The Morgan fingerprint density at radius 2 is 2.03 bits per heavy atom. The molecule has 2 heterocycles. The summed E-state index contributed by atoms with van der Waals surface area (Å²) in [5, 5.41) is 7.95. The molecule has 1 saturated heterocycles. The first kappa shape index (κ1) is 20.8. The number of benzene rings is 2. The van der Waals surface area contributed by atoms with Gasteiger partial charge in [0.15, 0.2) is 0 Å². The summed E-state index contributed by atoms with van der Waals surface area (Å²) in [5.74, 6) is 0.651. The van der Waals surface area contributed by atoms with E-state index in [1.54, 1.807) is 23.9 Å². The maximum atomic E-state index is 13.7. The molecule has 1 amide bonds. The fourth-order valence-corrected chi connectivity index (χ4v) is 4.86. The first-order valence-corrected chi connectivity index (χ1v) is 11.0. The predicted octanol–water partition coefficient (Wildman–Crippen LogP) is 5.88. The van der Waals surface area contributed by atoms with Crippen LogP contribution in [0, 0.1) is 5.92 Å². The quantitative estimate of drug-likeness (QED) is 0.533. The van der Waals surface area contributed by atoms with E-state index in [4.69, 9.17) is 0 Å². The van der Waals surface area contributed by atoms with Gasteiger partial charge in [0.2, 0.25) is 0 Å². The van der Waals surface area contributed by atoms with Crippen LogP contribution in [0.5, 0.6) is 0 Å². The number of fused-ring (bicyclic) bond motifs is 1. The van der Waals surface area contributed by atoms with Crippen molar-refractivity contribution in [2.24, 2.45) is 10.9 Å². The molecular weight excluding hydrogens is 437 g/mol. The number of nitrogens with zero attached hydrogens (tertiary/aromatic N) is 3. The van der Waals surface area contributed by atoms with E-state index >= 15 is 0 Å². The topological polar surface area (TPSA) is 59.3 Å². The van der Waals surface area contributed by atoms with Crippen molar-refractivity contribution in [2.45, 2.75) is 25.1 Å². The van der Waals surface area contributed by atoms with Gasteiger partial charge in [0.1, 0.15) is 5.84 Å². The van der Waals surface area contributed by atoms with E-state index < -0.39 is 17.8 Å².